The van der Waals surface area contributed by atoms with E-state index in [0.717, 1.165) is 12.5 Å². The van der Waals surface area contributed by atoms with Crippen LogP contribution in [0.5, 0.6) is 0 Å². The molecule has 0 radical (unpaired) electrons. The standard InChI is InChI=1S/C16H29N3S/c1-13-6-8-16(9-7-13)12-20-15(18-16)17-11-14-5-3-4-10-19(14)2/h13-14H,3-12H2,1-2H3,(H,17,18). The van der Waals surface area contributed by atoms with Crippen molar-refractivity contribution in [3.63, 3.8) is 0 Å². The zero-order chi connectivity index (χ0) is 14.0. The van der Waals surface area contributed by atoms with Crippen LogP contribution in [0.4, 0.5) is 0 Å². The Kier molecular flexibility index (Phi) is 4.61. The maximum Gasteiger partial charge on any atom is 0.157 e. The van der Waals surface area contributed by atoms with Gasteiger partial charge in [-0.15, -0.1) is 0 Å². The summed E-state index contributed by atoms with van der Waals surface area (Å²) in [5.74, 6) is 2.16. The molecule has 2 saturated heterocycles. The second kappa shape index (κ2) is 6.27. The lowest BCUT2D eigenvalue weighted by Gasteiger charge is -2.35. The molecule has 114 valence electrons. The first kappa shape index (κ1) is 14.7. The molecule has 3 fully saturated rings. The lowest BCUT2D eigenvalue weighted by atomic mass is 9.78. The van der Waals surface area contributed by atoms with Crippen LogP contribution in [0.25, 0.3) is 0 Å². The Balaban J connectivity index is 1.53. The highest BCUT2D eigenvalue weighted by Crippen LogP contribution is 2.38. The Hall–Kier alpha value is -0.220. The summed E-state index contributed by atoms with van der Waals surface area (Å²) in [6.07, 6.45) is 9.49. The fraction of sp³-hybridized carbons (Fsp3) is 0.938. The van der Waals surface area contributed by atoms with Gasteiger partial charge in [-0.1, -0.05) is 25.1 Å². The third-order valence-corrected chi connectivity index (χ3v) is 6.66. The molecule has 1 atom stereocenters. The lowest BCUT2D eigenvalue weighted by Crippen LogP contribution is -2.46. The summed E-state index contributed by atoms with van der Waals surface area (Å²) in [5, 5.41) is 5.00. The van der Waals surface area contributed by atoms with Gasteiger partial charge in [0.15, 0.2) is 5.17 Å². The summed E-state index contributed by atoms with van der Waals surface area (Å²) in [4.78, 5) is 7.38. The third kappa shape index (κ3) is 3.33. The number of likely N-dealkylation sites (tertiary alicyclic amines) is 1. The van der Waals surface area contributed by atoms with Gasteiger partial charge >= 0.3 is 0 Å². The van der Waals surface area contributed by atoms with Gasteiger partial charge in [-0.3, -0.25) is 4.99 Å². The highest BCUT2D eigenvalue weighted by Gasteiger charge is 2.39. The Labute approximate surface area is 128 Å². The van der Waals surface area contributed by atoms with Gasteiger partial charge in [0.1, 0.15) is 0 Å². The summed E-state index contributed by atoms with van der Waals surface area (Å²) in [5.41, 5.74) is 0.383. The Morgan fingerprint density at radius 3 is 2.85 bits per heavy atom. The first-order valence-corrected chi connectivity index (χ1v) is 9.31. The Morgan fingerprint density at radius 1 is 1.30 bits per heavy atom. The third-order valence-electron chi connectivity index (χ3n) is 5.46. The molecular weight excluding hydrogens is 266 g/mol. The second-order valence-corrected chi connectivity index (χ2v) is 8.12. The number of rotatable bonds is 2. The second-order valence-electron chi connectivity index (χ2n) is 7.15. The number of thioether (sulfide) groups is 1. The summed E-state index contributed by atoms with van der Waals surface area (Å²) in [6, 6.07) is 0.668. The van der Waals surface area contributed by atoms with Crippen LogP contribution in [0.1, 0.15) is 51.9 Å². The fourth-order valence-corrected chi connectivity index (χ4v) is 4.97. The van der Waals surface area contributed by atoms with E-state index in [1.54, 1.807) is 0 Å². The van der Waals surface area contributed by atoms with Gasteiger partial charge in [0.25, 0.3) is 0 Å². The van der Waals surface area contributed by atoms with Crippen molar-refractivity contribution in [2.45, 2.75) is 63.5 Å². The smallest absolute Gasteiger partial charge is 0.157 e. The van der Waals surface area contributed by atoms with Crippen LogP contribution in [-0.4, -0.2) is 47.5 Å². The number of likely N-dealkylation sites (N-methyl/N-ethyl adjacent to an activating group) is 1. The van der Waals surface area contributed by atoms with Crippen LogP contribution in [0.2, 0.25) is 0 Å². The molecule has 4 heteroatoms. The number of aliphatic imine (C=N–C) groups is 1. The first-order chi connectivity index (χ1) is 9.67. The molecule has 20 heavy (non-hydrogen) atoms. The van der Waals surface area contributed by atoms with Crippen molar-refractivity contribution in [2.75, 3.05) is 25.9 Å². The predicted molar refractivity (Wildman–Crippen MR) is 88.5 cm³/mol. The van der Waals surface area contributed by atoms with Gasteiger partial charge in [-0.2, -0.15) is 0 Å². The van der Waals surface area contributed by atoms with E-state index in [2.05, 4.69) is 24.2 Å². The van der Waals surface area contributed by atoms with E-state index in [1.165, 1.54) is 62.4 Å². The van der Waals surface area contributed by atoms with Crippen molar-refractivity contribution in [3.8, 4) is 0 Å². The Bertz CT molecular complexity index is 361. The molecule has 0 bridgehead atoms. The molecule has 1 saturated carbocycles. The SMILES string of the molecule is CC1CCC2(CC1)CSC(=NCC1CCCCN1C)N2. The molecule has 1 unspecified atom stereocenters. The highest BCUT2D eigenvalue weighted by atomic mass is 32.2. The zero-order valence-corrected chi connectivity index (χ0v) is 13.8. The van der Waals surface area contributed by atoms with Gasteiger partial charge in [0.2, 0.25) is 0 Å². The molecule has 3 nitrogen and oxygen atoms in total. The number of hydrogen-bond donors (Lipinski definition) is 1. The monoisotopic (exact) mass is 295 g/mol. The molecule has 2 heterocycles. The van der Waals surface area contributed by atoms with Crippen LogP contribution in [0.3, 0.4) is 0 Å². The van der Waals surface area contributed by atoms with Gasteiger partial charge in [-0.05, 0) is 58.0 Å². The summed E-state index contributed by atoms with van der Waals surface area (Å²) >= 11 is 1.96. The molecule has 0 aromatic carbocycles. The van der Waals surface area contributed by atoms with E-state index < -0.39 is 0 Å². The fourth-order valence-electron chi connectivity index (χ4n) is 3.74. The van der Waals surface area contributed by atoms with E-state index in [1.807, 2.05) is 11.8 Å². The highest BCUT2D eigenvalue weighted by molar-refractivity contribution is 8.14. The van der Waals surface area contributed by atoms with Crippen molar-refractivity contribution in [2.24, 2.45) is 10.9 Å². The average Bonchev–Trinajstić information content (AvgIpc) is 2.85. The molecule has 1 N–H and O–H groups in total. The van der Waals surface area contributed by atoms with E-state index in [4.69, 9.17) is 4.99 Å². The molecule has 2 aliphatic heterocycles. The molecule has 0 amide bonds. The van der Waals surface area contributed by atoms with Crippen LogP contribution >= 0.6 is 11.8 Å². The number of nitrogens with one attached hydrogen (secondary N) is 1. The quantitative estimate of drug-likeness (QED) is 0.848. The number of piperidine rings is 1. The predicted octanol–water partition coefficient (Wildman–Crippen LogP) is 3.11. The molecule has 1 aliphatic carbocycles. The lowest BCUT2D eigenvalue weighted by molar-refractivity contribution is 0.191. The largest absolute Gasteiger partial charge is 0.359 e. The average molecular weight is 295 g/mol. The molecule has 0 aromatic rings. The number of amidine groups is 1. The van der Waals surface area contributed by atoms with Gasteiger partial charge in [0.05, 0.1) is 6.54 Å². The molecular formula is C16H29N3S. The van der Waals surface area contributed by atoms with E-state index in [0.29, 0.717) is 11.6 Å². The van der Waals surface area contributed by atoms with Crippen molar-refractivity contribution >= 4 is 16.9 Å². The molecule has 3 rings (SSSR count). The molecule has 1 spiro atoms. The van der Waals surface area contributed by atoms with Crippen LogP contribution in [-0.2, 0) is 0 Å². The minimum atomic E-state index is 0.383. The molecule has 0 aromatic heterocycles. The topological polar surface area (TPSA) is 27.6 Å². The summed E-state index contributed by atoms with van der Waals surface area (Å²) < 4.78 is 0. The van der Waals surface area contributed by atoms with Gasteiger partial charge < -0.3 is 10.2 Å². The van der Waals surface area contributed by atoms with E-state index in [-0.39, 0.29) is 0 Å². The van der Waals surface area contributed by atoms with Gasteiger partial charge in [-0.25, -0.2) is 0 Å². The van der Waals surface area contributed by atoms with Crippen LogP contribution in [0, 0.1) is 5.92 Å². The van der Waals surface area contributed by atoms with E-state index >= 15 is 0 Å². The normalized spacial score (nSPS) is 41.2. The van der Waals surface area contributed by atoms with E-state index in [9.17, 15) is 0 Å². The Morgan fingerprint density at radius 2 is 2.10 bits per heavy atom. The van der Waals surface area contributed by atoms with Crippen molar-refractivity contribution in [3.05, 3.63) is 0 Å². The van der Waals surface area contributed by atoms with Crippen LogP contribution < -0.4 is 5.32 Å². The van der Waals surface area contributed by atoms with Crippen LogP contribution in [0.15, 0.2) is 4.99 Å². The maximum atomic E-state index is 4.89. The minimum Gasteiger partial charge on any atom is -0.359 e. The zero-order valence-electron chi connectivity index (χ0n) is 13.0. The maximum absolute atomic E-state index is 4.89. The summed E-state index contributed by atoms with van der Waals surface area (Å²) in [7, 11) is 2.25. The van der Waals surface area contributed by atoms with Crippen molar-refractivity contribution in [1.82, 2.24) is 10.2 Å². The van der Waals surface area contributed by atoms with Crippen molar-refractivity contribution in [1.29, 1.82) is 0 Å². The summed E-state index contributed by atoms with van der Waals surface area (Å²) in [6.45, 7) is 4.62. The van der Waals surface area contributed by atoms with Gasteiger partial charge in [0, 0.05) is 17.3 Å². The number of hydrogen-bond acceptors (Lipinski definition) is 3. The minimum absolute atomic E-state index is 0.383. The first-order valence-electron chi connectivity index (χ1n) is 8.33. The van der Waals surface area contributed by atoms with Crippen molar-refractivity contribution < 1.29 is 0 Å². The molecule has 3 aliphatic rings. The number of nitrogens with zero attached hydrogens (tertiary/aromatic N) is 2.